The third kappa shape index (κ3) is 76.1. The number of hydrogen-bond acceptors (Lipinski definition) is 4. The molecule has 2 saturated heterocycles. The highest BCUT2D eigenvalue weighted by atomic mass is 16.6. The zero-order chi connectivity index (χ0) is 7.66. The maximum atomic E-state index is 7.62. The molecule has 4 N–H and O–H groups in total. The molecule has 5 heteroatoms. The van der Waals surface area contributed by atoms with Crippen LogP contribution in [0.5, 0.6) is 0 Å². The van der Waals surface area contributed by atoms with E-state index in [0.29, 0.717) is 0 Å². The van der Waals surface area contributed by atoms with E-state index in [4.69, 9.17) is 10.2 Å². The van der Waals surface area contributed by atoms with Crippen LogP contribution in [0.3, 0.4) is 0 Å². The summed E-state index contributed by atoms with van der Waals surface area (Å²) in [5.74, 6) is 0. The molecule has 0 aromatic rings. The number of aliphatic hydroxyl groups excluding tert-OH is 2. The van der Waals surface area contributed by atoms with Gasteiger partial charge in [-0.3, -0.25) is 0 Å². The molecule has 0 aromatic carbocycles. The zero-order valence-electron chi connectivity index (χ0n) is 6.45. The molecule has 2 rings (SSSR count). The molecule has 0 saturated carbocycles. The molecule has 0 amide bonds. The van der Waals surface area contributed by atoms with Gasteiger partial charge in [-0.2, -0.15) is 0 Å². The Labute approximate surface area is 65.9 Å². The summed E-state index contributed by atoms with van der Waals surface area (Å²) in [5, 5.41) is 15.2. The third-order valence-corrected chi connectivity index (χ3v) is 0.508. The van der Waals surface area contributed by atoms with Crippen molar-refractivity contribution in [1.82, 2.24) is 0 Å². The second-order valence-electron chi connectivity index (χ2n) is 1.67. The van der Waals surface area contributed by atoms with Crippen LogP contribution >= 0.6 is 0 Å². The smallest absolute Gasteiger partial charge is 0.0701 e. The summed E-state index contributed by atoms with van der Waals surface area (Å²) in [6.45, 7) is 3.75. The molecule has 11 heavy (non-hydrogen) atoms. The van der Waals surface area contributed by atoms with E-state index < -0.39 is 0 Å². The Morgan fingerprint density at radius 3 is 1.00 bits per heavy atom. The Kier molecular flexibility index (Phi) is 15.2. The summed E-state index contributed by atoms with van der Waals surface area (Å²) in [4.78, 5) is 0. The standard InChI is InChI=1S/C2H6O2.2C2H4O.H2O/c3-1-2-4;2*1-2-3-1;/h3-4H,1-2H2;2*1-2H2;1H2. The second-order valence-corrected chi connectivity index (χ2v) is 1.67. The summed E-state index contributed by atoms with van der Waals surface area (Å²) in [6, 6.07) is 0. The van der Waals surface area contributed by atoms with Gasteiger partial charge in [0.05, 0.1) is 39.6 Å². The summed E-state index contributed by atoms with van der Waals surface area (Å²) in [6.07, 6.45) is 0. The Morgan fingerprint density at radius 2 is 1.00 bits per heavy atom. The van der Waals surface area contributed by atoms with Crippen LogP contribution in [-0.4, -0.2) is 55.3 Å². The van der Waals surface area contributed by atoms with Crippen LogP contribution in [0.4, 0.5) is 0 Å². The van der Waals surface area contributed by atoms with E-state index in [1.807, 2.05) is 0 Å². The maximum Gasteiger partial charge on any atom is 0.0701 e. The van der Waals surface area contributed by atoms with Crippen LogP contribution in [0, 0.1) is 0 Å². The highest BCUT2D eigenvalue weighted by Gasteiger charge is 1.94. The Balaban J connectivity index is 0. The molecule has 0 bridgehead atoms. The topological polar surface area (TPSA) is 97.0 Å². The molecule has 5 nitrogen and oxygen atoms in total. The molecular formula is C6H16O5. The molecule has 2 aliphatic rings. The van der Waals surface area contributed by atoms with Crippen LogP contribution in [0.15, 0.2) is 0 Å². The molecule has 0 aromatic heterocycles. The van der Waals surface area contributed by atoms with E-state index in [9.17, 15) is 0 Å². The van der Waals surface area contributed by atoms with Crippen molar-refractivity contribution in [2.75, 3.05) is 39.6 Å². The predicted octanol–water partition coefficient (Wildman–Crippen LogP) is -1.82. The van der Waals surface area contributed by atoms with Crippen LogP contribution in [0.2, 0.25) is 0 Å². The number of epoxide rings is 2. The minimum Gasteiger partial charge on any atom is -0.412 e. The molecule has 2 fully saturated rings. The lowest BCUT2D eigenvalue weighted by Gasteiger charge is -1.70. The van der Waals surface area contributed by atoms with E-state index in [2.05, 4.69) is 9.47 Å². The molecule has 0 atom stereocenters. The summed E-state index contributed by atoms with van der Waals surface area (Å²) < 4.78 is 9.00. The summed E-state index contributed by atoms with van der Waals surface area (Å²) in [7, 11) is 0. The first-order valence-electron chi connectivity index (χ1n) is 3.29. The third-order valence-electron chi connectivity index (χ3n) is 0.508. The van der Waals surface area contributed by atoms with Crippen LogP contribution < -0.4 is 0 Å². The van der Waals surface area contributed by atoms with Crippen molar-refractivity contribution >= 4 is 0 Å². The lowest BCUT2D eigenvalue weighted by molar-refractivity contribution is 0.186. The van der Waals surface area contributed by atoms with Gasteiger partial charge in [-0.1, -0.05) is 0 Å². The largest absolute Gasteiger partial charge is 0.412 e. The van der Waals surface area contributed by atoms with Gasteiger partial charge in [0.2, 0.25) is 0 Å². The summed E-state index contributed by atoms with van der Waals surface area (Å²) >= 11 is 0. The van der Waals surface area contributed by atoms with Gasteiger partial charge >= 0.3 is 0 Å². The maximum absolute atomic E-state index is 7.62. The van der Waals surface area contributed by atoms with E-state index >= 15 is 0 Å². The number of hydrogen-bond donors (Lipinski definition) is 2. The van der Waals surface area contributed by atoms with E-state index in [-0.39, 0.29) is 18.7 Å². The lowest BCUT2D eigenvalue weighted by atomic mass is 10.8. The molecule has 2 heterocycles. The van der Waals surface area contributed by atoms with Crippen LogP contribution in [0.25, 0.3) is 0 Å². The van der Waals surface area contributed by atoms with E-state index in [0.717, 1.165) is 26.4 Å². The molecule has 0 unspecified atom stereocenters. The molecule has 70 valence electrons. The minimum atomic E-state index is -0.125. The average Bonchev–Trinajstić information content (AvgIpc) is 2.78. The Hall–Kier alpha value is -0.200. The molecular weight excluding hydrogens is 152 g/mol. The molecule has 2 aliphatic heterocycles. The van der Waals surface area contributed by atoms with Gasteiger partial charge in [-0.15, -0.1) is 0 Å². The van der Waals surface area contributed by atoms with Crippen molar-refractivity contribution in [3.63, 3.8) is 0 Å². The SMILES string of the molecule is C1CO1.C1CO1.O.OCCO. The normalized spacial score (nSPS) is 15.8. The Bertz CT molecular complexity index is 41.4. The average molecular weight is 168 g/mol. The highest BCUT2D eigenvalue weighted by molar-refractivity contribution is 4.37. The fraction of sp³-hybridized carbons (Fsp3) is 1.00. The quantitative estimate of drug-likeness (QED) is 0.450. The number of aliphatic hydroxyl groups is 2. The van der Waals surface area contributed by atoms with E-state index in [1.54, 1.807) is 0 Å². The van der Waals surface area contributed by atoms with Gasteiger partial charge in [0.1, 0.15) is 0 Å². The van der Waals surface area contributed by atoms with Crippen molar-refractivity contribution in [2.24, 2.45) is 0 Å². The van der Waals surface area contributed by atoms with E-state index in [1.165, 1.54) is 0 Å². The molecule has 0 spiro atoms. The van der Waals surface area contributed by atoms with Crippen molar-refractivity contribution in [1.29, 1.82) is 0 Å². The summed E-state index contributed by atoms with van der Waals surface area (Å²) in [5.41, 5.74) is 0. The molecule has 0 radical (unpaired) electrons. The van der Waals surface area contributed by atoms with Gasteiger partial charge in [-0.25, -0.2) is 0 Å². The fourth-order valence-corrected chi connectivity index (χ4v) is 0. The van der Waals surface area contributed by atoms with Gasteiger partial charge in [-0.05, 0) is 0 Å². The first-order valence-corrected chi connectivity index (χ1v) is 3.29. The van der Waals surface area contributed by atoms with Crippen molar-refractivity contribution < 1.29 is 25.2 Å². The van der Waals surface area contributed by atoms with Gasteiger partial charge in [0, 0.05) is 0 Å². The lowest BCUT2D eigenvalue weighted by Crippen LogP contribution is -1.85. The van der Waals surface area contributed by atoms with Gasteiger partial charge in [0.15, 0.2) is 0 Å². The number of rotatable bonds is 1. The second kappa shape index (κ2) is 12.5. The van der Waals surface area contributed by atoms with Crippen LogP contribution in [-0.2, 0) is 9.47 Å². The predicted molar refractivity (Wildman–Crippen MR) is 39.4 cm³/mol. The van der Waals surface area contributed by atoms with Gasteiger partial charge < -0.3 is 25.2 Å². The van der Waals surface area contributed by atoms with Crippen LogP contribution in [0.1, 0.15) is 0 Å². The zero-order valence-corrected chi connectivity index (χ0v) is 6.45. The van der Waals surface area contributed by atoms with Crippen molar-refractivity contribution in [3.8, 4) is 0 Å². The van der Waals surface area contributed by atoms with Crippen molar-refractivity contribution in [3.05, 3.63) is 0 Å². The Morgan fingerprint density at radius 1 is 0.818 bits per heavy atom. The highest BCUT2D eigenvalue weighted by Crippen LogP contribution is 1.85. The first-order chi connectivity index (χ1) is 4.91. The van der Waals surface area contributed by atoms with Gasteiger partial charge in [0.25, 0.3) is 0 Å². The van der Waals surface area contributed by atoms with Crippen molar-refractivity contribution in [2.45, 2.75) is 0 Å². The fourth-order valence-electron chi connectivity index (χ4n) is 0. The number of ether oxygens (including phenoxy) is 2. The monoisotopic (exact) mass is 168 g/mol. The molecule has 0 aliphatic carbocycles. The minimum absolute atomic E-state index is 0. The first kappa shape index (κ1) is 13.4.